The molecule has 0 bridgehead atoms. The fourth-order valence-electron chi connectivity index (χ4n) is 2.51. The lowest BCUT2D eigenvalue weighted by Gasteiger charge is -2.33. The van der Waals surface area contributed by atoms with Crippen LogP contribution in [-0.2, 0) is 0 Å². The van der Waals surface area contributed by atoms with Crippen molar-refractivity contribution in [2.75, 3.05) is 0 Å². The molecule has 0 heterocycles. The highest BCUT2D eigenvalue weighted by Crippen LogP contribution is 2.35. The van der Waals surface area contributed by atoms with Crippen LogP contribution in [0.3, 0.4) is 0 Å². The van der Waals surface area contributed by atoms with Gasteiger partial charge in [0.2, 0.25) is 0 Å². The molecule has 3 N–H and O–H groups in total. The maximum absolute atomic E-state index is 9.46. The van der Waals surface area contributed by atoms with Crippen LogP contribution in [-0.4, -0.2) is 16.2 Å². The standard InChI is InChI=1S/C13H17NOS/c14-12-7-6-10(8-11(12)13(15)16)9-4-2-1-3-5-9/h1-5,10-12H,6-8,14H2,(H,15,16). The molecule has 1 fully saturated rings. The van der Waals surface area contributed by atoms with Gasteiger partial charge in [0.1, 0.15) is 0 Å². The number of nitrogens with two attached hydrogens (primary N) is 1. The minimum atomic E-state index is -0.0195. The largest absolute Gasteiger partial charge is 0.502 e. The molecular formula is C13H17NOS. The summed E-state index contributed by atoms with van der Waals surface area (Å²) >= 11 is 4.87. The van der Waals surface area contributed by atoms with Crippen molar-refractivity contribution >= 4 is 17.3 Å². The molecule has 3 atom stereocenters. The molecule has 0 radical (unpaired) electrons. The molecule has 1 aliphatic carbocycles. The predicted molar refractivity (Wildman–Crippen MR) is 69.7 cm³/mol. The van der Waals surface area contributed by atoms with Gasteiger partial charge < -0.3 is 10.8 Å². The first-order valence-corrected chi connectivity index (χ1v) is 6.12. The molecule has 1 aliphatic rings. The van der Waals surface area contributed by atoms with Crippen LogP contribution in [0.5, 0.6) is 0 Å². The summed E-state index contributed by atoms with van der Waals surface area (Å²) in [6, 6.07) is 10.4. The first kappa shape index (κ1) is 11.6. The van der Waals surface area contributed by atoms with E-state index in [9.17, 15) is 5.11 Å². The second kappa shape index (κ2) is 4.93. The highest BCUT2D eigenvalue weighted by Gasteiger charge is 2.31. The number of aliphatic hydroxyl groups excluding tert-OH is 1. The van der Waals surface area contributed by atoms with E-state index in [4.69, 9.17) is 18.0 Å². The van der Waals surface area contributed by atoms with Gasteiger partial charge in [0.15, 0.2) is 5.05 Å². The summed E-state index contributed by atoms with van der Waals surface area (Å²) in [6.07, 6.45) is 2.90. The van der Waals surface area contributed by atoms with Crippen LogP contribution in [0, 0.1) is 5.92 Å². The average molecular weight is 235 g/mol. The minimum Gasteiger partial charge on any atom is -0.502 e. The number of hydrogen-bond acceptors (Lipinski definition) is 2. The minimum absolute atomic E-state index is 0.0195. The molecule has 3 unspecified atom stereocenters. The lowest BCUT2D eigenvalue weighted by Crippen LogP contribution is -2.39. The smallest absolute Gasteiger partial charge is 0.161 e. The van der Waals surface area contributed by atoms with E-state index in [1.54, 1.807) is 0 Å². The van der Waals surface area contributed by atoms with Gasteiger partial charge in [-0.3, -0.25) is 0 Å². The fraction of sp³-hybridized carbons (Fsp3) is 0.462. The Labute approximate surface area is 101 Å². The second-order valence-corrected chi connectivity index (χ2v) is 4.95. The van der Waals surface area contributed by atoms with E-state index in [1.165, 1.54) is 5.56 Å². The van der Waals surface area contributed by atoms with Crippen molar-refractivity contribution in [3.8, 4) is 0 Å². The summed E-state index contributed by atoms with van der Waals surface area (Å²) < 4.78 is 0. The van der Waals surface area contributed by atoms with Crippen LogP contribution in [0.25, 0.3) is 0 Å². The summed E-state index contributed by atoms with van der Waals surface area (Å²) in [5.41, 5.74) is 7.30. The molecule has 0 spiro atoms. The van der Waals surface area contributed by atoms with Gasteiger partial charge in [0.25, 0.3) is 0 Å². The Balaban J connectivity index is 2.12. The molecule has 16 heavy (non-hydrogen) atoms. The zero-order valence-electron chi connectivity index (χ0n) is 9.17. The van der Waals surface area contributed by atoms with Crippen molar-refractivity contribution in [2.24, 2.45) is 11.7 Å². The maximum Gasteiger partial charge on any atom is 0.161 e. The molecular weight excluding hydrogens is 218 g/mol. The molecule has 2 rings (SSSR count). The van der Waals surface area contributed by atoms with Gasteiger partial charge in [-0.1, -0.05) is 30.3 Å². The van der Waals surface area contributed by atoms with Gasteiger partial charge in [0, 0.05) is 12.0 Å². The van der Waals surface area contributed by atoms with Crippen molar-refractivity contribution in [3.63, 3.8) is 0 Å². The summed E-state index contributed by atoms with van der Waals surface area (Å²) in [7, 11) is 0. The van der Waals surface area contributed by atoms with E-state index in [2.05, 4.69) is 24.3 Å². The monoisotopic (exact) mass is 235 g/mol. The summed E-state index contributed by atoms with van der Waals surface area (Å²) in [5, 5.41) is 9.54. The number of benzene rings is 1. The normalized spacial score (nSPS) is 29.9. The lowest BCUT2D eigenvalue weighted by atomic mass is 9.76. The zero-order chi connectivity index (χ0) is 11.5. The predicted octanol–water partition coefficient (Wildman–Crippen LogP) is 2.78. The van der Waals surface area contributed by atoms with Crippen LogP contribution in [0.1, 0.15) is 30.7 Å². The molecule has 0 aliphatic heterocycles. The van der Waals surface area contributed by atoms with E-state index in [1.807, 2.05) is 6.07 Å². The van der Waals surface area contributed by atoms with Crippen LogP contribution >= 0.6 is 12.2 Å². The van der Waals surface area contributed by atoms with Gasteiger partial charge >= 0.3 is 0 Å². The zero-order valence-corrected chi connectivity index (χ0v) is 9.99. The quantitative estimate of drug-likeness (QED) is 0.775. The molecule has 0 amide bonds. The Morgan fingerprint density at radius 1 is 1.25 bits per heavy atom. The fourth-order valence-corrected chi connectivity index (χ4v) is 2.78. The van der Waals surface area contributed by atoms with Crippen LogP contribution in [0.2, 0.25) is 0 Å². The topological polar surface area (TPSA) is 46.2 Å². The summed E-state index contributed by atoms with van der Waals surface area (Å²) in [4.78, 5) is 0. The van der Waals surface area contributed by atoms with Crippen LogP contribution in [0.15, 0.2) is 30.3 Å². The third kappa shape index (κ3) is 2.42. The molecule has 86 valence electrons. The van der Waals surface area contributed by atoms with E-state index in [0.717, 1.165) is 19.3 Å². The van der Waals surface area contributed by atoms with E-state index >= 15 is 0 Å². The number of hydrogen-bond donors (Lipinski definition) is 2. The van der Waals surface area contributed by atoms with Gasteiger partial charge in [-0.05, 0) is 43.0 Å². The molecule has 2 nitrogen and oxygen atoms in total. The van der Waals surface area contributed by atoms with Crippen molar-refractivity contribution in [1.82, 2.24) is 0 Å². The highest BCUT2D eigenvalue weighted by atomic mass is 32.1. The third-order valence-electron chi connectivity index (χ3n) is 3.49. The molecule has 0 saturated heterocycles. The number of aliphatic hydroxyl groups is 1. The van der Waals surface area contributed by atoms with Crippen molar-refractivity contribution < 1.29 is 5.11 Å². The lowest BCUT2D eigenvalue weighted by molar-refractivity contribution is 0.316. The van der Waals surface area contributed by atoms with Crippen LogP contribution in [0.4, 0.5) is 0 Å². The molecule has 1 aromatic carbocycles. The Morgan fingerprint density at radius 2 is 1.94 bits per heavy atom. The first-order valence-electron chi connectivity index (χ1n) is 5.72. The van der Waals surface area contributed by atoms with Gasteiger partial charge in [0.05, 0.1) is 0 Å². The molecule has 3 heteroatoms. The SMILES string of the molecule is NC1CCC(c2ccccc2)CC1C(O)=S. The molecule has 0 aromatic heterocycles. The maximum atomic E-state index is 9.46. The average Bonchev–Trinajstić information content (AvgIpc) is 2.30. The Hall–Kier alpha value is -0.930. The summed E-state index contributed by atoms with van der Waals surface area (Å²) in [5.74, 6) is 0.463. The molecule has 1 saturated carbocycles. The van der Waals surface area contributed by atoms with Gasteiger partial charge in [-0.25, -0.2) is 0 Å². The van der Waals surface area contributed by atoms with E-state index < -0.39 is 0 Å². The number of thiocarbonyl (C=S) groups is 1. The summed E-state index contributed by atoms with van der Waals surface area (Å²) in [6.45, 7) is 0. The van der Waals surface area contributed by atoms with Crippen molar-refractivity contribution in [2.45, 2.75) is 31.2 Å². The van der Waals surface area contributed by atoms with Crippen LogP contribution < -0.4 is 5.73 Å². The number of rotatable bonds is 2. The Kier molecular flexibility index (Phi) is 3.56. The van der Waals surface area contributed by atoms with Gasteiger partial charge in [-0.2, -0.15) is 0 Å². The van der Waals surface area contributed by atoms with Gasteiger partial charge in [-0.15, -0.1) is 0 Å². The van der Waals surface area contributed by atoms with E-state index in [-0.39, 0.29) is 17.0 Å². The Morgan fingerprint density at radius 3 is 2.56 bits per heavy atom. The highest BCUT2D eigenvalue weighted by molar-refractivity contribution is 7.80. The Bertz CT molecular complexity index is 365. The first-order chi connectivity index (χ1) is 7.68. The second-order valence-electron chi connectivity index (χ2n) is 4.53. The van der Waals surface area contributed by atoms with Crippen molar-refractivity contribution in [1.29, 1.82) is 0 Å². The van der Waals surface area contributed by atoms with Crippen molar-refractivity contribution in [3.05, 3.63) is 35.9 Å². The molecule has 1 aromatic rings. The third-order valence-corrected chi connectivity index (χ3v) is 3.79. The van der Waals surface area contributed by atoms with E-state index in [0.29, 0.717) is 5.92 Å².